The lowest BCUT2D eigenvalue weighted by Crippen LogP contribution is -2.32. The molecule has 1 aromatic carbocycles. The summed E-state index contributed by atoms with van der Waals surface area (Å²) in [6.45, 7) is 14.6. The van der Waals surface area contributed by atoms with Gasteiger partial charge in [0.2, 0.25) is 0 Å². The Balaban J connectivity index is 3.03. The van der Waals surface area contributed by atoms with E-state index in [9.17, 15) is 0 Å². The minimum Gasteiger partial charge on any atom is -0.309 e. The van der Waals surface area contributed by atoms with Crippen molar-refractivity contribution in [3.8, 4) is 0 Å². The monoisotopic (exact) mass is 233 g/mol. The Bertz CT molecular complexity index is 340. The standard InChI is InChI=1S/C16H27N/c1-7-8-17-15(16(4,5)6)14-10-12(2)9-13(3)11-14/h9-11,15,17H,7-8H2,1-6H3. The normalized spacial score (nSPS) is 13.8. The predicted octanol–water partition coefficient (Wildman–Crippen LogP) is 4.39. The van der Waals surface area contributed by atoms with Crippen molar-refractivity contribution in [2.24, 2.45) is 5.41 Å². The van der Waals surface area contributed by atoms with Gasteiger partial charge in [-0.3, -0.25) is 0 Å². The molecule has 1 heteroatoms. The molecule has 0 aliphatic rings. The molecule has 0 saturated carbocycles. The van der Waals surface area contributed by atoms with Gasteiger partial charge < -0.3 is 5.32 Å². The van der Waals surface area contributed by atoms with Crippen LogP contribution in [0.4, 0.5) is 0 Å². The fourth-order valence-electron chi connectivity index (χ4n) is 2.39. The number of hydrogen-bond donors (Lipinski definition) is 1. The summed E-state index contributed by atoms with van der Waals surface area (Å²) in [7, 11) is 0. The highest BCUT2D eigenvalue weighted by Gasteiger charge is 2.25. The molecule has 1 aromatic rings. The average molecular weight is 233 g/mol. The summed E-state index contributed by atoms with van der Waals surface area (Å²) < 4.78 is 0. The van der Waals surface area contributed by atoms with Gasteiger partial charge in [-0.15, -0.1) is 0 Å². The molecular weight excluding hydrogens is 206 g/mol. The van der Waals surface area contributed by atoms with Crippen molar-refractivity contribution in [1.82, 2.24) is 5.32 Å². The summed E-state index contributed by atoms with van der Waals surface area (Å²) >= 11 is 0. The maximum Gasteiger partial charge on any atom is 0.0369 e. The topological polar surface area (TPSA) is 12.0 Å². The lowest BCUT2D eigenvalue weighted by Gasteiger charge is -2.32. The summed E-state index contributed by atoms with van der Waals surface area (Å²) in [6.07, 6.45) is 1.18. The first-order valence-electron chi connectivity index (χ1n) is 6.66. The molecule has 96 valence electrons. The van der Waals surface area contributed by atoms with Crippen LogP contribution >= 0.6 is 0 Å². The molecule has 0 aliphatic carbocycles. The van der Waals surface area contributed by atoms with E-state index in [1.54, 1.807) is 0 Å². The van der Waals surface area contributed by atoms with Gasteiger partial charge >= 0.3 is 0 Å². The molecule has 0 spiro atoms. The summed E-state index contributed by atoms with van der Waals surface area (Å²) in [4.78, 5) is 0. The van der Waals surface area contributed by atoms with Crippen LogP contribution in [0.25, 0.3) is 0 Å². The molecular formula is C16H27N. The van der Waals surface area contributed by atoms with E-state index in [2.05, 4.69) is 65.1 Å². The van der Waals surface area contributed by atoms with E-state index in [-0.39, 0.29) is 5.41 Å². The number of aryl methyl sites for hydroxylation is 2. The molecule has 0 fully saturated rings. The second-order valence-corrected chi connectivity index (χ2v) is 6.17. The van der Waals surface area contributed by atoms with Crippen LogP contribution in [0, 0.1) is 19.3 Å². The second-order valence-electron chi connectivity index (χ2n) is 6.17. The van der Waals surface area contributed by atoms with Crippen LogP contribution in [-0.2, 0) is 0 Å². The van der Waals surface area contributed by atoms with Crippen LogP contribution in [0.5, 0.6) is 0 Å². The van der Waals surface area contributed by atoms with E-state index in [0.29, 0.717) is 6.04 Å². The first kappa shape index (κ1) is 14.2. The summed E-state index contributed by atoms with van der Waals surface area (Å²) in [6, 6.07) is 7.29. The van der Waals surface area contributed by atoms with Crippen LogP contribution < -0.4 is 5.32 Å². The maximum atomic E-state index is 3.68. The zero-order chi connectivity index (χ0) is 13.1. The van der Waals surface area contributed by atoms with Crippen LogP contribution in [0.3, 0.4) is 0 Å². The van der Waals surface area contributed by atoms with E-state index < -0.39 is 0 Å². The Kier molecular flexibility index (Phi) is 4.76. The van der Waals surface area contributed by atoms with Crippen molar-refractivity contribution >= 4 is 0 Å². The third kappa shape index (κ3) is 4.16. The fraction of sp³-hybridized carbons (Fsp3) is 0.625. The van der Waals surface area contributed by atoms with Gasteiger partial charge in [0.25, 0.3) is 0 Å². The molecule has 0 aliphatic heterocycles. The summed E-state index contributed by atoms with van der Waals surface area (Å²) in [5, 5.41) is 3.68. The third-order valence-electron chi connectivity index (χ3n) is 3.04. The van der Waals surface area contributed by atoms with Gasteiger partial charge in [-0.1, -0.05) is 57.0 Å². The predicted molar refractivity (Wildman–Crippen MR) is 76.4 cm³/mol. The van der Waals surface area contributed by atoms with Crippen molar-refractivity contribution in [2.75, 3.05) is 6.54 Å². The van der Waals surface area contributed by atoms with E-state index in [0.717, 1.165) is 6.54 Å². The second kappa shape index (κ2) is 5.68. The number of rotatable bonds is 4. The van der Waals surface area contributed by atoms with E-state index in [1.165, 1.54) is 23.1 Å². The Morgan fingerprint density at radius 2 is 1.59 bits per heavy atom. The molecule has 1 N–H and O–H groups in total. The summed E-state index contributed by atoms with van der Waals surface area (Å²) in [5.41, 5.74) is 4.37. The van der Waals surface area contributed by atoms with Crippen molar-refractivity contribution < 1.29 is 0 Å². The molecule has 1 nitrogen and oxygen atoms in total. The Morgan fingerprint density at radius 3 is 2.00 bits per heavy atom. The first-order valence-corrected chi connectivity index (χ1v) is 6.66. The highest BCUT2D eigenvalue weighted by Crippen LogP contribution is 2.33. The van der Waals surface area contributed by atoms with Crippen LogP contribution in [0.2, 0.25) is 0 Å². The van der Waals surface area contributed by atoms with Gasteiger partial charge in [0.05, 0.1) is 0 Å². The molecule has 0 amide bonds. The lowest BCUT2D eigenvalue weighted by molar-refractivity contribution is 0.273. The number of benzene rings is 1. The molecule has 0 aromatic heterocycles. The van der Waals surface area contributed by atoms with E-state index in [1.807, 2.05) is 0 Å². The molecule has 17 heavy (non-hydrogen) atoms. The molecule has 1 unspecified atom stereocenters. The third-order valence-corrected chi connectivity index (χ3v) is 3.04. The lowest BCUT2D eigenvalue weighted by atomic mass is 9.81. The Hall–Kier alpha value is -0.820. The van der Waals surface area contributed by atoms with Crippen molar-refractivity contribution in [2.45, 2.75) is 54.0 Å². The van der Waals surface area contributed by atoms with Crippen molar-refractivity contribution in [3.05, 3.63) is 34.9 Å². The molecule has 0 saturated heterocycles. The van der Waals surface area contributed by atoms with Gasteiger partial charge in [0.1, 0.15) is 0 Å². The van der Waals surface area contributed by atoms with Crippen molar-refractivity contribution in [1.29, 1.82) is 0 Å². The summed E-state index contributed by atoms with van der Waals surface area (Å²) in [5.74, 6) is 0. The average Bonchev–Trinajstić information content (AvgIpc) is 2.14. The minimum atomic E-state index is 0.245. The fourth-order valence-corrected chi connectivity index (χ4v) is 2.39. The Morgan fingerprint density at radius 1 is 1.06 bits per heavy atom. The van der Waals surface area contributed by atoms with Gasteiger partial charge in [0, 0.05) is 6.04 Å². The van der Waals surface area contributed by atoms with Gasteiger partial charge in [-0.25, -0.2) is 0 Å². The van der Waals surface area contributed by atoms with Crippen LogP contribution in [0.1, 0.15) is 56.8 Å². The van der Waals surface area contributed by atoms with E-state index >= 15 is 0 Å². The minimum absolute atomic E-state index is 0.245. The molecule has 0 heterocycles. The number of nitrogens with one attached hydrogen (secondary N) is 1. The largest absolute Gasteiger partial charge is 0.309 e. The SMILES string of the molecule is CCCNC(c1cc(C)cc(C)c1)C(C)(C)C. The van der Waals surface area contributed by atoms with Gasteiger partial charge in [0.15, 0.2) is 0 Å². The quantitative estimate of drug-likeness (QED) is 0.813. The highest BCUT2D eigenvalue weighted by atomic mass is 14.9. The van der Waals surface area contributed by atoms with Gasteiger partial charge in [-0.2, -0.15) is 0 Å². The molecule has 1 rings (SSSR count). The van der Waals surface area contributed by atoms with Gasteiger partial charge in [-0.05, 0) is 37.8 Å². The molecule has 0 bridgehead atoms. The molecule has 0 radical (unpaired) electrons. The van der Waals surface area contributed by atoms with Crippen molar-refractivity contribution in [3.63, 3.8) is 0 Å². The highest BCUT2D eigenvalue weighted by molar-refractivity contribution is 5.31. The smallest absolute Gasteiger partial charge is 0.0369 e. The van der Waals surface area contributed by atoms with E-state index in [4.69, 9.17) is 0 Å². The zero-order valence-electron chi connectivity index (χ0n) is 12.2. The van der Waals surface area contributed by atoms with Crippen LogP contribution in [0.15, 0.2) is 18.2 Å². The maximum absolute atomic E-state index is 3.68. The number of hydrogen-bond acceptors (Lipinski definition) is 1. The first-order chi connectivity index (χ1) is 7.84. The zero-order valence-corrected chi connectivity index (χ0v) is 12.2. The molecule has 1 atom stereocenters. The van der Waals surface area contributed by atoms with Crippen LogP contribution in [-0.4, -0.2) is 6.54 Å². The Labute approximate surface area is 107 Å².